The highest BCUT2D eigenvalue weighted by Crippen LogP contribution is 2.25. The van der Waals surface area contributed by atoms with Gasteiger partial charge in [-0.05, 0) is 17.8 Å². The molecule has 110 valence electrons. The number of halogens is 1. The number of aromatic nitrogens is 2. The zero-order chi connectivity index (χ0) is 14.5. The maximum absolute atomic E-state index is 6.15. The fraction of sp³-hybridized carbons (Fsp3) is 0.800. The lowest BCUT2D eigenvalue weighted by molar-refractivity contribution is 0.237. The van der Waals surface area contributed by atoms with Gasteiger partial charge >= 0.3 is 0 Å². The van der Waals surface area contributed by atoms with E-state index in [-0.39, 0.29) is 5.41 Å². The molecule has 1 aromatic heterocycles. The highest BCUT2D eigenvalue weighted by atomic mass is 35.5. The Kier molecular flexibility index (Phi) is 6.34. The minimum atomic E-state index is 0.289. The van der Waals surface area contributed by atoms with Gasteiger partial charge in [-0.1, -0.05) is 52.6 Å². The van der Waals surface area contributed by atoms with Gasteiger partial charge in [0.1, 0.15) is 5.82 Å². The first kappa shape index (κ1) is 16.5. The van der Waals surface area contributed by atoms with E-state index in [0.717, 1.165) is 37.4 Å². The first-order valence-electron chi connectivity index (χ1n) is 7.30. The highest BCUT2D eigenvalue weighted by Gasteiger charge is 2.21. The molecule has 0 aliphatic carbocycles. The number of rotatable bonds is 8. The highest BCUT2D eigenvalue weighted by molar-refractivity contribution is 6.30. The molecule has 0 fully saturated rings. The van der Waals surface area contributed by atoms with Gasteiger partial charge in [0.15, 0.2) is 5.15 Å². The third-order valence-corrected chi connectivity index (χ3v) is 4.30. The number of unbranched alkanes of at least 4 members (excludes halogenated alkanes) is 1. The first-order valence-corrected chi connectivity index (χ1v) is 7.68. The van der Waals surface area contributed by atoms with E-state index in [1.165, 1.54) is 6.42 Å². The van der Waals surface area contributed by atoms with Crippen LogP contribution in [0.25, 0.3) is 0 Å². The lowest BCUT2D eigenvalue weighted by atomic mass is 9.81. The first-order chi connectivity index (χ1) is 8.86. The van der Waals surface area contributed by atoms with Crippen LogP contribution < -0.4 is 5.32 Å². The largest absolute Gasteiger partial charge is 0.344 e. The quantitative estimate of drug-likeness (QED) is 0.752. The number of imidazole rings is 1. The zero-order valence-corrected chi connectivity index (χ0v) is 13.7. The molecule has 0 saturated heterocycles. The van der Waals surface area contributed by atoms with Gasteiger partial charge in [-0.25, -0.2) is 4.98 Å². The minimum absolute atomic E-state index is 0.289. The normalized spacial score (nSPS) is 12.4. The third kappa shape index (κ3) is 5.15. The molecule has 1 rings (SSSR count). The Bertz CT molecular complexity index is 383. The van der Waals surface area contributed by atoms with E-state index < -0.39 is 0 Å². The number of nitrogens with zero attached hydrogens (tertiary/aromatic N) is 1. The van der Waals surface area contributed by atoms with Gasteiger partial charge < -0.3 is 10.3 Å². The Morgan fingerprint density at radius 3 is 2.63 bits per heavy atom. The zero-order valence-electron chi connectivity index (χ0n) is 12.9. The predicted molar refractivity (Wildman–Crippen MR) is 82.5 cm³/mol. The molecule has 19 heavy (non-hydrogen) atoms. The minimum Gasteiger partial charge on any atom is -0.344 e. The van der Waals surface area contributed by atoms with Crippen LogP contribution in [0.15, 0.2) is 0 Å². The number of nitrogens with one attached hydrogen (secondary N) is 2. The smallest absolute Gasteiger partial charge is 0.151 e. The van der Waals surface area contributed by atoms with Crippen LogP contribution in [0.2, 0.25) is 5.15 Å². The lowest BCUT2D eigenvalue weighted by Gasteiger charge is -2.29. The van der Waals surface area contributed by atoms with Crippen molar-refractivity contribution in [1.29, 1.82) is 0 Å². The second-order valence-corrected chi connectivity index (χ2v) is 6.66. The molecule has 0 aromatic carbocycles. The molecule has 0 atom stereocenters. The summed E-state index contributed by atoms with van der Waals surface area (Å²) in [6.45, 7) is 13.0. The van der Waals surface area contributed by atoms with Gasteiger partial charge in [0.05, 0.1) is 5.69 Å². The topological polar surface area (TPSA) is 40.7 Å². The Balaban J connectivity index is 2.47. The van der Waals surface area contributed by atoms with Crippen molar-refractivity contribution >= 4 is 11.6 Å². The van der Waals surface area contributed by atoms with Crippen LogP contribution in [0, 0.1) is 11.3 Å². The fourth-order valence-corrected chi connectivity index (χ4v) is 1.95. The maximum Gasteiger partial charge on any atom is 0.151 e. The van der Waals surface area contributed by atoms with E-state index in [4.69, 9.17) is 11.6 Å². The van der Waals surface area contributed by atoms with Gasteiger partial charge in [0.2, 0.25) is 0 Å². The monoisotopic (exact) mass is 285 g/mol. The number of H-pyrrole nitrogens is 1. The Morgan fingerprint density at radius 1 is 1.37 bits per heavy atom. The van der Waals surface area contributed by atoms with Gasteiger partial charge in [0, 0.05) is 19.5 Å². The molecule has 0 unspecified atom stereocenters. The van der Waals surface area contributed by atoms with Crippen molar-refractivity contribution in [3.8, 4) is 0 Å². The number of aryl methyl sites for hydroxylation is 1. The summed E-state index contributed by atoms with van der Waals surface area (Å²) in [5, 5.41) is 4.09. The summed E-state index contributed by atoms with van der Waals surface area (Å²) in [5.41, 5.74) is 1.30. The third-order valence-electron chi connectivity index (χ3n) is 3.99. The number of hydrogen-bond donors (Lipinski definition) is 2. The Morgan fingerprint density at radius 2 is 2.05 bits per heavy atom. The van der Waals surface area contributed by atoms with Crippen molar-refractivity contribution in [3.05, 3.63) is 16.7 Å². The molecular weight excluding hydrogens is 258 g/mol. The number of hydrogen-bond acceptors (Lipinski definition) is 2. The van der Waals surface area contributed by atoms with Crippen LogP contribution >= 0.6 is 11.6 Å². The van der Waals surface area contributed by atoms with E-state index in [9.17, 15) is 0 Å². The molecule has 3 nitrogen and oxygen atoms in total. The van der Waals surface area contributed by atoms with Crippen LogP contribution in [0.4, 0.5) is 0 Å². The molecule has 1 aromatic rings. The van der Waals surface area contributed by atoms with Gasteiger partial charge in [-0.2, -0.15) is 0 Å². The second kappa shape index (κ2) is 7.30. The van der Waals surface area contributed by atoms with Crippen molar-refractivity contribution in [2.75, 3.05) is 6.54 Å². The van der Waals surface area contributed by atoms with Crippen molar-refractivity contribution < 1.29 is 0 Å². The average molecular weight is 286 g/mol. The average Bonchev–Trinajstić information content (AvgIpc) is 2.67. The lowest BCUT2D eigenvalue weighted by Crippen LogP contribution is -2.33. The second-order valence-electron chi connectivity index (χ2n) is 6.30. The predicted octanol–water partition coefficient (Wildman–Crippen LogP) is 4.18. The van der Waals surface area contributed by atoms with Crippen LogP contribution in [0.5, 0.6) is 0 Å². The van der Waals surface area contributed by atoms with E-state index in [1.807, 2.05) is 0 Å². The molecule has 0 bridgehead atoms. The molecule has 1 heterocycles. The molecular formula is C15H28ClN3. The van der Waals surface area contributed by atoms with Crippen molar-refractivity contribution in [3.63, 3.8) is 0 Å². The van der Waals surface area contributed by atoms with E-state index in [2.05, 4.69) is 49.9 Å². The van der Waals surface area contributed by atoms with Crippen molar-refractivity contribution in [2.24, 2.45) is 11.3 Å². The molecule has 4 heteroatoms. The standard InChI is InChI=1S/C15H28ClN3/c1-6-7-8-13-18-12(14(16)19-13)9-17-10-15(4,5)11(2)3/h11,17H,6-10H2,1-5H3,(H,18,19). The summed E-state index contributed by atoms with van der Waals surface area (Å²) in [6.07, 6.45) is 3.30. The SMILES string of the molecule is CCCCc1nc(Cl)c(CNCC(C)(C)C(C)C)[nH]1. The Hall–Kier alpha value is -0.540. The van der Waals surface area contributed by atoms with Crippen molar-refractivity contribution in [1.82, 2.24) is 15.3 Å². The van der Waals surface area contributed by atoms with E-state index in [1.54, 1.807) is 0 Å². The van der Waals surface area contributed by atoms with Crippen LogP contribution in [-0.2, 0) is 13.0 Å². The van der Waals surface area contributed by atoms with E-state index in [0.29, 0.717) is 11.1 Å². The summed E-state index contributed by atoms with van der Waals surface area (Å²) in [4.78, 5) is 7.69. The number of aromatic amines is 1. The van der Waals surface area contributed by atoms with Crippen LogP contribution in [0.1, 0.15) is 59.0 Å². The summed E-state index contributed by atoms with van der Waals surface area (Å²) in [6, 6.07) is 0. The van der Waals surface area contributed by atoms with Gasteiger partial charge in [-0.3, -0.25) is 0 Å². The Labute approximate surface area is 122 Å². The fourth-order valence-electron chi connectivity index (χ4n) is 1.73. The molecule has 0 amide bonds. The molecule has 0 spiro atoms. The molecule has 0 aliphatic rings. The summed E-state index contributed by atoms with van der Waals surface area (Å²) < 4.78 is 0. The van der Waals surface area contributed by atoms with Gasteiger partial charge in [0.25, 0.3) is 0 Å². The molecule has 0 radical (unpaired) electrons. The van der Waals surface area contributed by atoms with Crippen LogP contribution in [0.3, 0.4) is 0 Å². The molecule has 0 aliphatic heterocycles. The molecule has 2 N–H and O–H groups in total. The summed E-state index contributed by atoms with van der Waals surface area (Å²) in [5.74, 6) is 1.66. The maximum atomic E-state index is 6.15. The van der Waals surface area contributed by atoms with E-state index >= 15 is 0 Å². The molecule has 0 saturated carbocycles. The van der Waals surface area contributed by atoms with Crippen LogP contribution in [-0.4, -0.2) is 16.5 Å². The van der Waals surface area contributed by atoms with Crippen molar-refractivity contribution in [2.45, 2.75) is 60.4 Å². The summed E-state index contributed by atoms with van der Waals surface area (Å²) >= 11 is 6.15. The van der Waals surface area contributed by atoms with Gasteiger partial charge in [-0.15, -0.1) is 0 Å². The summed E-state index contributed by atoms with van der Waals surface area (Å²) in [7, 11) is 0.